The largest absolute Gasteiger partial charge is 0.494 e. The standard InChI is InChI=1S/C19H20N2O6/c1-19(2,13-7-5-4-6-8-13)18(23)27-12-17(22)20-15-10-9-14(21(24)25)11-16(15)26-3/h4-11H,12H2,1-3H3,(H,20,22). The summed E-state index contributed by atoms with van der Waals surface area (Å²) < 4.78 is 10.2. The van der Waals surface area contributed by atoms with E-state index in [0.717, 1.165) is 5.56 Å². The monoisotopic (exact) mass is 372 g/mol. The third-order valence-electron chi connectivity index (χ3n) is 4.01. The van der Waals surface area contributed by atoms with Crippen LogP contribution in [0, 0.1) is 10.1 Å². The Kier molecular flexibility index (Phi) is 6.12. The van der Waals surface area contributed by atoms with Crippen LogP contribution >= 0.6 is 0 Å². The zero-order valence-corrected chi connectivity index (χ0v) is 15.2. The van der Waals surface area contributed by atoms with Crippen molar-refractivity contribution in [3.05, 3.63) is 64.2 Å². The van der Waals surface area contributed by atoms with Crippen molar-refractivity contribution < 1.29 is 24.0 Å². The molecule has 0 atom stereocenters. The third kappa shape index (κ3) is 4.81. The molecular weight excluding hydrogens is 352 g/mol. The fraction of sp³-hybridized carbons (Fsp3) is 0.263. The van der Waals surface area contributed by atoms with Crippen LogP contribution in [0.3, 0.4) is 0 Å². The molecule has 27 heavy (non-hydrogen) atoms. The van der Waals surface area contributed by atoms with Crippen molar-refractivity contribution in [3.8, 4) is 5.75 Å². The van der Waals surface area contributed by atoms with E-state index in [1.807, 2.05) is 30.3 Å². The van der Waals surface area contributed by atoms with E-state index in [2.05, 4.69) is 5.32 Å². The molecule has 0 radical (unpaired) electrons. The van der Waals surface area contributed by atoms with Crippen molar-refractivity contribution in [1.82, 2.24) is 0 Å². The zero-order valence-electron chi connectivity index (χ0n) is 15.2. The van der Waals surface area contributed by atoms with Crippen molar-refractivity contribution >= 4 is 23.3 Å². The summed E-state index contributed by atoms with van der Waals surface area (Å²) in [6.07, 6.45) is 0. The maximum absolute atomic E-state index is 12.4. The van der Waals surface area contributed by atoms with Gasteiger partial charge in [-0.2, -0.15) is 0 Å². The van der Waals surface area contributed by atoms with E-state index in [1.165, 1.54) is 25.3 Å². The lowest BCUT2D eigenvalue weighted by atomic mass is 9.85. The van der Waals surface area contributed by atoms with Gasteiger partial charge in [0.15, 0.2) is 6.61 Å². The highest BCUT2D eigenvalue weighted by atomic mass is 16.6. The molecule has 2 rings (SSSR count). The molecule has 0 bridgehead atoms. The quantitative estimate of drug-likeness (QED) is 0.455. The first kappa shape index (κ1) is 19.9. The summed E-state index contributed by atoms with van der Waals surface area (Å²) in [6, 6.07) is 12.9. The normalized spacial score (nSPS) is 10.8. The highest BCUT2D eigenvalue weighted by Gasteiger charge is 2.31. The average Bonchev–Trinajstić information content (AvgIpc) is 2.66. The fourth-order valence-electron chi connectivity index (χ4n) is 2.37. The molecule has 0 aliphatic carbocycles. The number of non-ortho nitro benzene ring substituents is 1. The minimum Gasteiger partial charge on any atom is -0.494 e. The lowest BCUT2D eigenvalue weighted by Crippen LogP contribution is -2.33. The van der Waals surface area contributed by atoms with Crippen molar-refractivity contribution in [3.63, 3.8) is 0 Å². The van der Waals surface area contributed by atoms with Gasteiger partial charge in [-0.05, 0) is 25.5 Å². The van der Waals surface area contributed by atoms with Gasteiger partial charge in [-0.1, -0.05) is 30.3 Å². The molecule has 0 aliphatic heterocycles. The Hall–Kier alpha value is -3.42. The van der Waals surface area contributed by atoms with E-state index in [0.29, 0.717) is 0 Å². The third-order valence-corrected chi connectivity index (χ3v) is 4.01. The molecule has 0 saturated carbocycles. The Labute approximate surface area is 156 Å². The van der Waals surface area contributed by atoms with Crippen LogP contribution in [0.2, 0.25) is 0 Å². The molecule has 142 valence electrons. The Morgan fingerprint density at radius 1 is 1.15 bits per heavy atom. The summed E-state index contributed by atoms with van der Waals surface area (Å²) in [7, 11) is 1.33. The fourth-order valence-corrected chi connectivity index (χ4v) is 2.37. The van der Waals surface area contributed by atoms with Gasteiger partial charge in [0.2, 0.25) is 0 Å². The van der Waals surface area contributed by atoms with E-state index in [1.54, 1.807) is 13.8 Å². The second kappa shape index (κ2) is 8.31. The molecule has 0 unspecified atom stereocenters. The number of nitro groups is 1. The van der Waals surface area contributed by atoms with E-state index < -0.39 is 28.8 Å². The number of nitrogens with one attached hydrogen (secondary N) is 1. The first-order valence-corrected chi connectivity index (χ1v) is 8.10. The summed E-state index contributed by atoms with van der Waals surface area (Å²) in [4.78, 5) is 34.7. The van der Waals surface area contributed by atoms with E-state index >= 15 is 0 Å². The van der Waals surface area contributed by atoms with Gasteiger partial charge >= 0.3 is 5.97 Å². The van der Waals surface area contributed by atoms with Crippen molar-refractivity contribution in [2.24, 2.45) is 0 Å². The summed E-state index contributed by atoms with van der Waals surface area (Å²) >= 11 is 0. The highest BCUT2D eigenvalue weighted by Crippen LogP contribution is 2.29. The van der Waals surface area contributed by atoms with Crippen LogP contribution in [-0.4, -0.2) is 30.5 Å². The van der Waals surface area contributed by atoms with Crippen LogP contribution in [0.15, 0.2) is 48.5 Å². The molecule has 8 heteroatoms. The predicted molar refractivity (Wildman–Crippen MR) is 98.7 cm³/mol. The number of hydrogen-bond acceptors (Lipinski definition) is 6. The van der Waals surface area contributed by atoms with Gasteiger partial charge in [0, 0.05) is 6.07 Å². The number of amides is 1. The molecule has 0 spiro atoms. The van der Waals surface area contributed by atoms with Gasteiger partial charge in [-0.25, -0.2) is 0 Å². The molecule has 8 nitrogen and oxygen atoms in total. The van der Waals surface area contributed by atoms with E-state index in [-0.39, 0.29) is 17.1 Å². The summed E-state index contributed by atoms with van der Waals surface area (Å²) in [5.41, 5.74) is -0.0631. The first-order valence-electron chi connectivity index (χ1n) is 8.10. The van der Waals surface area contributed by atoms with Crippen LogP contribution in [0.1, 0.15) is 19.4 Å². The molecule has 0 aliphatic rings. The average molecular weight is 372 g/mol. The van der Waals surface area contributed by atoms with Gasteiger partial charge in [-0.15, -0.1) is 0 Å². The number of ether oxygens (including phenoxy) is 2. The summed E-state index contributed by atoms with van der Waals surface area (Å²) in [5.74, 6) is -0.993. The van der Waals surface area contributed by atoms with Crippen LogP contribution in [-0.2, 0) is 19.7 Å². The topological polar surface area (TPSA) is 108 Å². The molecule has 2 aromatic carbocycles. The van der Waals surface area contributed by atoms with Crippen LogP contribution in [0.25, 0.3) is 0 Å². The van der Waals surface area contributed by atoms with Crippen LogP contribution in [0.4, 0.5) is 11.4 Å². The maximum atomic E-state index is 12.4. The number of nitrogens with zero attached hydrogens (tertiary/aromatic N) is 1. The molecule has 2 aromatic rings. The number of carbonyl (C=O) groups excluding carboxylic acids is 2. The van der Waals surface area contributed by atoms with Gasteiger partial charge in [0.25, 0.3) is 11.6 Å². The predicted octanol–water partition coefficient (Wildman–Crippen LogP) is 3.06. The minimum atomic E-state index is -0.910. The Bertz CT molecular complexity index is 849. The lowest BCUT2D eigenvalue weighted by Gasteiger charge is -2.22. The highest BCUT2D eigenvalue weighted by molar-refractivity contribution is 5.95. The van der Waals surface area contributed by atoms with E-state index in [4.69, 9.17) is 9.47 Å². The number of anilines is 1. The Morgan fingerprint density at radius 3 is 2.41 bits per heavy atom. The van der Waals surface area contributed by atoms with Crippen LogP contribution < -0.4 is 10.1 Å². The van der Waals surface area contributed by atoms with E-state index in [9.17, 15) is 19.7 Å². The number of nitro benzene ring substituents is 1. The molecule has 0 aromatic heterocycles. The van der Waals surface area contributed by atoms with Crippen molar-refractivity contribution in [1.29, 1.82) is 0 Å². The van der Waals surface area contributed by atoms with Gasteiger partial charge in [0.1, 0.15) is 5.75 Å². The number of carbonyl (C=O) groups is 2. The van der Waals surface area contributed by atoms with Crippen molar-refractivity contribution in [2.75, 3.05) is 19.0 Å². The molecule has 0 saturated heterocycles. The molecule has 0 heterocycles. The minimum absolute atomic E-state index is 0.133. The molecule has 0 fully saturated rings. The number of hydrogen-bond donors (Lipinski definition) is 1. The maximum Gasteiger partial charge on any atom is 0.316 e. The zero-order chi connectivity index (χ0) is 20.0. The smallest absolute Gasteiger partial charge is 0.316 e. The Morgan fingerprint density at radius 2 is 1.81 bits per heavy atom. The van der Waals surface area contributed by atoms with Gasteiger partial charge in [0.05, 0.1) is 29.2 Å². The van der Waals surface area contributed by atoms with Crippen molar-refractivity contribution in [2.45, 2.75) is 19.3 Å². The first-order chi connectivity index (χ1) is 12.8. The summed E-state index contributed by atoms with van der Waals surface area (Å²) in [5, 5.41) is 13.3. The SMILES string of the molecule is COc1cc([N+](=O)[O-])ccc1NC(=O)COC(=O)C(C)(C)c1ccccc1. The lowest BCUT2D eigenvalue weighted by molar-refractivity contribution is -0.384. The number of methoxy groups -OCH3 is 1. The number of benzene rings is 2. The second-order valence-corrected chi connectivity index (χ2v) is 6.26. The molecule has 1 N–H and O–H groups in total. The van der Waals surface area contributed by atoms with Crippen LogP contribution in [0.5, 0.6) is 5.75 Å². The second-order valence-electron chi connectivity index (χ2n) is 6.26. The Balaban J connectivity index is 2.00. The number of esters is 1. The van der Waals surface area contributed by atoms with Gasteiger partial charge in [-0.3, -0.25) is 19.7 Å². The summed E-state index contributed by atoms with van der Waals surface area (Å²) in [6.45, 7) is 2.93. The molecule has 1 amide bonds. The van der Waals surface area contributed by atoms with Gasteiger partial charge < -0.3 is 14.8 Å². The number of rotatable bonds is 7. The molecular formula is C19H20N2O6.